The first kappa shape index (κ1) is 14.1. The molecule has 0 amide bonds. The van der Waals surface area contributed by atoms with Crippen molar-refractivity contribution >= 4 is 0 Å². The Morgan fingerprint density at radius 3 is 3.00 bits per heavy atom. The number of piperidine rings is 1. The summed E-state index contributed by atoms with van der Waals surface area (Å²) in [6.07, 6.45) is 4.02. The molecule has 1 aliphatic heterocycles. The van der Waals surface area contributed by atoms with Gasteiger partial charge in [0.05, 0.1) is 13.0 Å². The van der Waals surface area contributed by atoms with Crippen molar-refractivity contribution in [3.05, 3.63) is 42.0 Å². The van der Waals surface area contributed by atoms with Crippen LogP contribution in [0.25, 0.3) is 0 Å². The van der Waals surface area contributed by atoms with Crippen LogP contribution >= 0.6 is 0 Å². The normalized spacial score (nSPS) is 18.6. The van der Waals surface area contributed by atoms with E-state index in [0.717, 1.165) is 31.1 Å². The monoisotopic (exact) mass is 287 g/mol. The van der Waals surface area contributed by atoms with Crippen molar-refractivity contribution < 1.29 is 9.26 Å². The van der Waals surface area contributed by atoms with Gasteiger partial charge in [0.2, 0.25) is 5.89 Å². The summed E-state index contributed by atoms with van der Waals surface area (Å²) in [7, 11) is 0. The largest absolute Gasteiger partial charge is 0.493 e. The van der Waals surface area contributed by atoms with Gasteiger partial charge in [0, 0.05) is 6.42 Å². The number of hydrogen-bond acceptors (Lipinski definition) is 5. The van der Waals surface area contributed by atoms with Gasteiger partial charge in [0.1, 0.15) is 5.75 Å². The molecule has 21 heavy (non-hydrogen) atoms. The first-order chi connectivity index (χ1) is 10.4. The number of aromatic nitrogens is 2. The number of nitrogens with zero attached hydrogens (tertiary/aromatic N) is 2. The first-order valence-corrected chi connectivity index (χ1v) is 7.60. The highest BCUT2D eigenvalue weighted by molar-refractivity contribution is 5.20. The quantitative estimate of drug-likeness (QED) is 0.883. The highest BCUT2D eigenvalue weighted by Gasteiger charge is 2.16. The van der Waals surface area contributed by atoms with Crippen LogP contribution in [0.5, 0.6) is 5.75 Å². The fraction of sp³-hybridized carbons (Fsp3) is 0.500. The lowest BCUT2D eigenvalue weighted by molar-refractivity contribution is 0.291. The number of benzene rings is 1. The van der Waals surface area contributed by atoms with E-state index >= 15 is 0 Å². The zero-order chi connectivity index (χ0) is 14.3. The van der Waals surface area contributed by atoms with Gasteiger partial charge in [-0.25, -0.2) is 0 Å². The Balaban J connectivity index is 1.44. The number of rotatable bonds is 6. The summed E-state index contributed by atoms with van der Waals surface area (Å²) in [5.41, 5.74) is 0. The van der Waals surface area contributed by atoms with Crippen LogP contribution in [0.4, 0.5) is 0 Å². The van der Waals surface area contributed by atoms with Crippen molar-refractivity contribution in [2.24, 2.45) is 5.92 Å². The van der Waals surface area contributed by atoms with Gasteiger partial charge in [0.15, 0.2) is 5.82 Å². The van der Waals surface area contributed by atoms with E-state index < -0.39 is 0 Å². The van der Waals surface area contributed by atoms with Gasteiger partial charge < -0.3 is 14.6 Å². The van der Waals surface area contributed by atoms with Crippen molar-refractivity contribution in [1.82, 2.24) is 15.5 Å². The number of hydrogen-bond donors (Lipinski definition) is 1. The number of ether oxygens (including phenoxy) is 1. The molecule has 5 nitrogen and oxygen atoms in total. The third kappa shape index (κ3) is 4.29. The SMILES string of the molecule is c1ccc(OCCc2nc(CC3CCCNC3)no2)cc1. The van der Waals surface area contributed by atoms with Crippen LogP contribution < -0.4 is 10.1 Å². The maximum atomic E-state index is 5.63. The predicted octanol–water partition coefficient (Wildman–Crippen LogP) is 2.23. The fourth-order valence-corrected chi connectivity index (χ4v) is 2.60. The molecule has 1 aliphatic rings. The van der Waals surface area contributed by atoms with Gasteiger partial charge in [-0.2, -0.15) is 4.98 Å². The molecule has 2 aromatic rings. The van der Waals surface area contributed by atoms with Crippen LogP contribution in [0.2, 0.25) is 0 Å². The zero-order valence-electron chi connectivity index (χ0n) is 12.1. The van der Waals surface area contributed by atoms with Gasteiger partial charge in [-0.1, -0.05) is 23.4 Å². The predicted molar refractivity (Wildman–Crippen MR) is 79.2 cm³/mol. The molecule has 2 heterocycles. The minimum absolute atomic E-state index is 0.552. The summed E-state index contributed by atoms with van der Waals surface area (Å²) < 4.78 is 10.9. The standard InChI is InChI=1S/C16H21N3O2/c1-2-6-14(7-3-1)20-10-8-16-18-15(19-21-16)11-13-5-4-9-17-12-13/h1-3,6-7,13,17H,4-5,8-12H2. The molecular weight excluding hydrogens is 266 g/mol. The second-order valence-corrected chi connectivity index (χ2v) is 5.43. The molecule has 0 saturated carbocycles. The van der Waals surface area contributed by atoms with Crippen LogP contribution in [-0.4, -0.2) is 29.8 Å². The molecular formula is C16H21N3O2. The van der Waals surface area contributed by atoms with Gasteiger partial charge >= 0.3 is 0 Å². The molecule has 1 atom stereocenters. The second kappa shape index (κ2) is 7.22. The topological polar surface area (TPSA) is 60.2 Å². The lowest BCUT2D eigenvalue weighted by atomic mass is 9.96. The average Bonchev–Trinajstić information content (AvgIpc) is 2.97. The molecule has 0 spiro atoms. The Bertz CT molecular complexity index is 535. The second-order valence-electron chi connectivity index (χ2n) is 5.43. The van der Waals surface area contributed by atoms with E-state index in [1.54, 1.807) is 0 Å². The smallest absolute Gasteiger partial charge is 0.230 e. The summed E-state index contributed by atoms with van der Waals surface area (Å²) >= 11 is 0. The summed E-state index contributed by atoms with van der Waals surface area (Å²) in [5, 5.41) is 7.47. The third-order valence-corrected chi connectivity index (χ3v) is 3.71. The molecule has 1 N–H and O–H groups in total. The average molecular weight is 287 g/mol. The van der Waals surface area contributed by atoms with Crippen molar-refractivity contribution in [3.63, 3.8) is 0 Å². The van der Waals surface area contributed by atoms with Crippen LogP contribution in [0.1, 0.15) is 24.6 Å². The highest BCUT2D eigenvalue weighted by atomic mass is 16.5. The summed E-state index contributed by atoms with van der Waals surface area (Å²) in [6.45, 7) is 2.74. The molecule has 0 aliphatic carbocycles. The van der Waals surface area contributed by atoms with E-state index in [-0.39, 0.29) is 0 Å². The van der Waals surface area contributed by atoms with E-state index in [0.29, 0.717) is 24.8 Å². The van der Waals surface area contributed by atoms with Gasteiger partial charge in [-0.05, 0) is 44.0 Å². The van der Waals surface area contributed by atoms with Gasteiger partial charge in [-0.15, -0.1) is 0 Å². The Labute approximate surface area is 124 Å². The lowest BCUT2D eigenvalue weighted by Crippen LogP contribution is -2.31. The van der Waals surface area contributed by atoms with E-state index in [4.69, 9.17) is 9.26 Å². The molecule has 1 aromatic heterocycles. The summed E-state index contributed by atoms with van der Waals surface area (Å²) in [5.74, 6) is 2.97. The molecule has 3 rings (SSSR count). The fourth-order valence-electron chi connectivity index (χ4n) is 2.60. The Morgan fingerprint density at radius 2 is 2.19 bits per heavy atom. The van der Waals surface area contributed by atoms with Crippen molar-refractivity contribution in [1.29, 1.82) is 0 Å². The first-order valence-electron chi connectivity index (χ1n) is 7.60. The Morgan fingerprint density at radius 1 is 1.29 bits per heavy atom. The molecule has 1 unspecified atom stereocenters. The van der Waals surface area contributed by atoms with Crippen LogP contribution in [-0.2, 0) is 12.8 Å². The summed E-state index contributed by atoms with van der Waals surface area (Å²) in [6, 6.07) is 9.76. The molecule has 1 saturated heterocycles. The van der Waals surface area contributed by atoms with E-state index in [2.05, 4.69) is 15.5 Å². The number of nitrogens with one attached hydrogen (secondary N) is 1. The van der Waals surface area contributed by atoms with E-state index in [9.17, 15) is 0 Å². The highest BCUT2D eigenvalue weighted by Crippen LogP contribution is 2.15. The minimum Gasteiger partial charge on any atom is -0.493 e. The minimum atomic E-state index is 0.552. The third-order valence-electron chi connectivity index (χ3n) is 3.71. The summed E-state index contributed by atoms with van der Waals surface area (Å²) in [4.78, 5) is 4.45. The molecule has 5 heteroatoms. The molecule has 0 radical (unpaired) electrons. The van der Waals surface area contributed by atoms with Crippen molar-refractivity contribution in [2.45, 2.75) is 25.7 Å². The van der Waals surface area contributed by atoms with Crippen LogP contribution in [0, 0.1) is 5.92 Å². The molecule has 0 bridgehead atoms. The van der Waals surface area contributed by atoms with Gasteiger partial charge in [-0.3, -0.25) is 0 Å². The molecule has 1 aromatic carbocycles. The van der Waals surface area contributed by atoms with E-state index in [1.807, 2.05) is 30.3 Å². The molecule has 1 fully saturated rings. The van der Waals surface area contributed by atoms with Crippen molar-refractivity contribution in [3.8, 4) is 5.75 Å². The van der Waals surface area contributed by atoms with Crippen LogP contribution in [0.15, 0.2) is 34.9 Å². The maximum absolute atomic E-state index is 5.63. The van der Waals surface area contributed by atoms with Crippen LogP contribution in [0.3, 0.4) is 0 Å². The van der Waals surface area contributed by atoms with Crippen molar-refractivity contribution in [2.75, 3.05) is 19.7 Å². The zero-order valence-corrected chi connectivity index (χ0v) is 12.1. The van der Waals surface area contributed by atoms with Gasteiger partial charge in [0.25, 0.3) is 0 Å². The Hall–Kier alpha value is -1.88. The van der Waals surface area contributed by atoms with E-state index in [1.165, 1.54) is 12.8 Å². The molecule has 112 valence electrons. The maximum Gasteiger partial charge on any atom is 0.230 e. The lowest BCUT2D eigenvalue weighted by Gasteiger charge is -2.20. The Kier molecular flexibility index (Phi) is 4.84. The number of para-hydroxylation sites is 1.